The quantitative estimate of drug-likeness (QED) is 0.303. The highest BCUT2D eigenvalue weighted by Gasteiger charge is 2.18. The Hall–Kier alpha value is -2.69. The van der Waals surface area contributed by atoms with Crippen molar-refractivity contribution in [2.24, 2.45) is 0 Å². The molecule has 0 bridgehead atoms. The molecule has 7 nitrogen and oxygen atoms in total. The van der Waals surface area contributed by atoms with Crippen molar-refractivity contribution in [3.63, 3.8) is 0 Å². The molecule has 0 aliphatic heterocycles. The summed E-state index contributed by atoms with van der Waals surface area (Å²) in [5, 5.41) is 24.6. The molecule has 0 atom stereocenters. The molecule has 10 heteroatoms. The van der Waals surface area contributed by atoms with Crippen molar-refractivity contribution in [1.82, 2.24) is 19.7 Å². The maximum atomic E-state index is 12.5. The van der Waals surface area contributed by atoms with E-state index >= 15 is 0 Å². The minimum atomic E-state index is -0.169. The Morgan fingerprint density at radius 3 is 2.75 bits per heavy atom. The summed E-state index contributed by atoms with van der Waals surface area (Å²) in [6.45, 7) is 4.61. The molecule has 0 radical (unpaired) electrons. The van der Waals surface area contributed by atoms with Crippen LogP contribution in [0, 0.1) is 6.92 Å². The Kier molecular flexibility index (Phi) is 6.92. The van der Waals surface area contributed by atoms with Gasteiger partial charge >= 0.3 is 0 Å². The third kappa shape index (κ3) is 5.03. The zero-order chi connectivity index (χ0) is 22.7. The fraction of sp³-hybridized carbons (Fsp3) is 0.182. The van der Waals surface area contributed by atoms with E-state index in [1.54, 1.807) is 18.2 Å². The minimum absolute atomic E-state index is 0.123. The Labute approximate surface area is 202 Å². The highest BCUT2D eigenvalue weighted by Crippen LogP contribution is 2.33. The zero-order valence-corrected chi connectivity index (χ0v) is 20.6. The lowest BCUT2D eigenvalue weighted by molar-refractivity contribution is -0.113. The number of aryl methyl sites for hydroxylation is 1. The number of halogens is 1. The van der Waals surface area contributed by atoms with Crippen molar-refractivity contribution in [2.75, 3.05) is 11.1 Å². The van der Waals surface area contributed by atoms with E-state index in [0.717, 1.165) is 15.7 Å². The van der Waals surface area contributed by atoms with Crippen molar-refractivity contribution in [3.05, 3.63) is 57.9 Å². The summed E-state index contributed by atoms with van der Waals surface area (Å²) in [4.78, 5) is 17.0. The predicted octanol–water partition coefficient (Wildman–Crippen LogP) is 5.60. The molecule has 4 aromatic rings. The van der Waals surface area contributed by atoms with Crippen molar-refractivity contribution in [1.29, 1.82) is 0 Å². The van der Waals surface area contributed by atoms with Crippen LogP contribution in [-0.2, 0) is 11.3 Å². The molecule has 0 fully saturated rings. The molecule has 0 saturated heterocycles. The number of amides is 1. The molecule has 0 aliphatic carbocycles. The topological polar surface area (TPSA) is 92.9 Å². The number of thiazole rings is 1. The van der Waals surface area contributed by atoms with Crippen LogP contribution in [-0.4, -0.2) is 36.5 Å². The number of rotatable bonds is 7. The third-order valence-electron chi connectivity index (χ3n) is 4.66. The van der Waals surface area contributed by atoms with E-state index in [-0.39, 0.29) is 17.4 Å². The van der Waals surface area contributed by atoms with E-state index < -0.39 is 0 Å². The Balaban J connectivity index is 1.42. The smallest absolute Gasteiger partial charge is 0.236 e. The van der Waals surface area contributed by atoms with E-state index in [0.29, 0.717) is 28.2 Å². The van der Waals surface area contributed by atoms with Gasteiger partial charge in [0, 0.05) is 22.0 Å². The summed E-state index contributed by atoms with van der Waals surface area (Å²) in [5.74, 6) is 0.675. The van der Waals surface area contributed by atoms with Gasteiger partial charge in [0.15, 0.2) is 16.1 Å². The van der Waals surface area contributed by atoms with Crippen molar-refractivity contribution >= 4 is 50.1 Å². The maximum Gasteiger partial charge on any atom is 0.236 e. The van der Waals surface area contributed by atoms with Crippen LogP contribution in [0.5, 0.6) is 5.75 Å². The summed E-state index contributed by atoms with van der Waals surface area (Å²) in [6, 6.07) is 13.3. The van der Waals surface area contributed by atoms with Gasteiger partial charge in [-0.25, -0.2) is 4.98 Å². The number of aromatic hydroxyl groups is 1. The van der Waals surface area contributed by atoms with Crippen LogP contribution >= 0.6 is 39.0 Å². The van der Waals surface area contributed by atoms with Gasteiger partial charge in [0.25, 0.3) is 0 Å². The van der Waals surface area contributed by atoms with E-state index in [1.807, 2.05) is 48.1 Å². The van der Waals surface area contributed by atoms with Crippen LogP contribution in [0.4, 0.5) is 5.13 Å². The summed E-state index contributed by atoms with van der Waals surface area (Å²) < 4.78 is 2.70. The van der Waals surface area contributed by atoms with Gasteiger partial charge in [-0.05, 0) is 32.0 Å². The Morgan fingerprint density at radius 2 is 2.00 bits per heavy atom. The number of phenolic OH excluding ortho intramolecular Hbond substituents is 1. The average molecular weight is 530 g/mol. The number of carbonyl (C=O) groups excluding carboxylic acids is 1. The standard InChI is InChI=1S/C22H20BrN5O2S2/c1-3-28-20(16-10-15(23)8-9-18(16)29)26-27-22(28)32-12-19(30)25-21-24-17(11-31-21)14-6-4-13(2)5-7-14/h4-11,29H,3,12H2,1-2H3,(H,24,25,30). The van der Waals surface area contributed by atoms with Crippen LogP contribution in [0.1, 0.15) is 12.5 Å². The molecule has 2 heterocycles. The van der Waals surface area contributed by atoms with Gasteiger partial charge in [-0.2, -0.15) is 0 Å². The van der Waals surface area contributed by atoms with Gasteiger partial charge in [-0.15, -0.1) is 21.5 Å². The molecule has 0 spiro atoms. The van der Waals surface area contributed by atoms with E-state index in [2.05, 4.69) is 36.4 Å². The van der Waals surface area contributed by atoms with Gasteiger partial charge in [0.05, 0.1) is 17.0 Å². The van der Waals surface area contributed by atoms with Crippen molar-refractivity contribution in [3.8, 4) is 28.4 Å². The highest BCUT2D eigenvalue weighted by atomic mass is 79.9. The first-order valence-electron chi connectivity index (χ1n) is 9.82. The number of nitrogens with one attached hydrogen (secondary N) is 1. The molecule has 2 N–H and O–H groups in total. The summed E-state index contributed by atoms with van der Waals surface area (Å²) >= 11 is 6.10. The van der Waals surface area contributed by atoms with Crippen LogP contribution in [0.2, 0.25) is 0 Å². The second-order valence-electron chi connectivity index (χ2n) is 6.95. The first kappa shape index (κ1) is 22.5. The van der Waals surface area contributed by atoms with E-state index in [1.165, 1.54) is 28.7 Å². The summed E-state index contributed by atoms with van der Waals surface area (Å²) in [5.41, 5.74) is 3.62. The van der Waals surface area contributed by atoms with Crippen LogP contribution < -0.4 is 5.32 Å². The molecular formula is C22H20BrN5O2S2. The zero-order valence-electron chi connectivity index (χ0n) is 17.4. The van der Waals surface area contributed by atoms with Gasteiger partial charge in [0.2, 0.25) is 5.91 Å². The number of hydrogen-bond donors (Lipinski definition) is 2. The summed E-state index contributed by atoms with van der Waals surface area (Å²) in [7, 11) is 0. The lowest BCUT2D eigenvalue weighted by Crippen LogP contribution is -2.14. The highest BCUT2D eigenvalue weighted by molar-refractivity contribution is 9.10. The first-order valence-corrected chi connectivity index (χ1v) is 12.5. The van der Waals surface area contributed by atoms with Crippen molar-refractivity contribution < 1.29 is 9.90 Å². The van der Waals surface area contributed by atoms with Crippen LogP contribution in [0.3, 0.4) is 0 Å². The first-order chi connectivity index (χ1) is 15.4. The van der Waals surface area contributed by atoms with Crippen molar-refractivity contribution in [2.45, 2.75) is 25.5 Å². The number of hydrogen-bond acceptors (Lipinski definition) is 7. The molecule has 2 aromatic carbocycles. The molecule has 164 valence electrons. The molecule has 0 unspecified atom stereocenters. The minimum Gasteiger partial charge on any atom is -0.507 e. The molecule has 1 amide bonds. The largest absolute Gasteiger partial charge is 0.507 e. The average Bonchev–Trinajstić information content (AvgIpc) is 3.41. The number of anilines is 1. The Bertz CT molecular complexity index is 1250. The second kappa shape index (κ2) is 9.85. The second-order valence-corrected chi connectivity index (χ2v) is 9.67. The fourth-order valence-electron chi connectivity index (χ4n) is 3.04. The van der Waals surface area contributed by atoms with Gasteiger partial charge in [-0.1, -0.05) is 57.5 Å². The van der Waals surface area contributed by atoms with Gasteiger partial charge in [-0.3, -0.25) is 4.79 Å². The van der Waals surface area contributed by atoms with Gasteiger partial charge in [0.1, 0.15) is 5.75 Å². The van der Waals surface area contributed by atoms with Gasteiger partial charge < -0.3 is 15.0 Å². The van der Waals surface area contributed by atoms with Crippen LogP contribution in [0.15, 0.2) is 57.5 Å². The monoisotopic (exact) mass is 529 g/mol. The normalized spacial score (nSPS) is 11.0. The number of phenols is 1. The number of aromatic nitrogens is 4. The number of nitrogens with zero attached hydrogens (tertiary/aromatic N) is 4. The number of thioether (sulfide) groups is 1. The fourth-order valence-corrected chi connectivity index (χ4v) is 4.94. The third-order valence-corrected chi connectivity index (χ3v) is 6.88. The summed E-state index contributed by atoms with van der Waals surface area (Å²) in [6.07, 6.45) is 0. The Morgan fingerprint density at radius 1 is 1.22 bits per heavy atom. The predicted molar refractivity (Wildman–Crippen MR) is 132 cm³/mol. The molecule has 4 rings (SSSR count). The molecule has 0 aliphatic rings. The van der Waals surface area contributed by atoms with Crippen LogP contribution in [0.25, 0.3) is 22.6 Å². The lowest BCUT2D eigenvalue weighted by atomic mass is 10.1. The van der Waals surface area contributed by atoms with E-state index in [4.69, 9.17) is 0 Å². The SMILES string of the molecule is CCn1c(SCC(=O)Nc2nc(-c3ccc(C)cc3)cs2)nnc1-c1cc(Br)ccc1O. The molecule has 32 heavy (non-hydrogen) atoms. The maximum absolute atomic E-state index is 12.5. The lowest BCUT2D eigenvalue weighted by Gasteiger charge is -2.09. The number of benzene rings is 2. The molecule has 2 aromatic heterocycles. The molecule has 0 saturated carbocycles. The molecular weight excluding hydrogens is 510 g/mol. The van der Waals surface area contributed by atoms with E-state index in [9.17, 15) is 9.90 Å². The number of carbonyl (C=O) groups is 1.